The van der Waals surface area contributed by atoms with Crippen molar-refractivity contribution in [3.8, 4) is 0 Å². The first-order valence-electron chi connectivity index (χ1n) is 31.9. The zero-order valence-corrected chi connectivity index (χ0v) is 48.5. The Morgan fingerprint density at radius 2 is 0.816 bits per heavy atom. The van der Waals surface area contributed by atoms with Gasteiger partial charge in [-0.15, -0.1) is 0 Å². The van der Waals surface area contributed by atoms with Crippen molar-refractivity contribution in [1.29, 1.82) is 0 Å². The summed E-state index contributed by atoms with van der Waals surface area (Å²) >= 11 is 0. The second-order valence-electron chi connectivity index (χ2n) is 22.9. The zero-order valence-electron chi connectivity index (χ0n) is 48.5. The lowest BCUT2D eigenvalue weighted by molar-refractivity contribution is -0.359. The second-order valence-corrected chi connectivity index (χ2v) is 22.9. The third-order valence-corrected chi connectivity index (χ3v) is 16.0. The number of hydrogen-bond acceptors (Lipinski definition) is 13. The van der Waals surface area contributed by atoms with Crippen molar-refractivity contribution in [2.45, 2.75) is 357 Å². The number of ether oxygens (including phenoxy) is 4. The largest absolute Gasteiger partial charge is 0.394 e. The van der Waals surface area contributed by atoms with E-state index in [9.17, 15) is 45.6 Å². The number of carbonyl (C=O) groups is 1. The maximum absolute atomic E-state index is 13.2. The Bertz CT molecular complexity index is 1330. The Hall–Kier alpha value is -1.27. The number of nitrogens with one attached hydrogen (secondary N) is 1. The molecule has 76 heavy (non-hydrogen) atoms. The fourth-order valence-electron chi connectivity index (χ4n) is 10.8. The highest BCUT2D eigenvalue weighted by molar-refractivity contribution is 5.76. The smallest absolute Gasteiger partial charge is 0.220 e. The third-order valence-electron chi connectivity index (χ3n) is 16.0. The summed E-state index contributed by atoms with van der Waals surface area (Å²) in [6, 6.07) is -0.908. The quantitative estimate of drug-likeness (QED) is 0.0204. The van der Waals surface area contributed by atoms with Crippen LogP contribution in [0.5, 0.6) is 0 Å². The lowest BCUT2D eigenvalue weighted by Gasteiger charge is -2.46. The van der Waals surface area contributed by atoms with Crippen LogP contribution < -0.4 is 5.32 Å². The highest BCUT2D eigenvalue weighted by atomic mass is 16.7. The summed E-state index contributed by atoms with van der Waals surface area (Å²) in [5.41, 5.74) is 0. The Balaban J connectivity index is 1.59. The van der Waals surface area contributed by atoms with Crippen LogP contribution in [0.15, 0.2) is 12.2 Å². The van der Waals surface area contributed by atoms with E-state index >= 15 is 0 Å². The van der Waals surface area contributed by atoms with Crippen LogP contribution in [-0.4, -0.2) is 140 Å². The number of unbranched alkanes of at least 4 members (excludes halogenated alkanes) is 39. The molecule has 1 amide bonds. The summed E-state index contributed by atoms with van der Waals surface area (Å²) in [5.74, 6) is -0.235. The topological polar surface area (TPSA) is 228 Å². The van der Waals surface area contributed by atoms with Gasteiger partial charge < -0.3 is 65.1 Å². The summed E-state index contributed by atoms with van der Waals surface area (Å²) in [6.07, 6.45) is 40.2. The van der Waals surface area contributed by atoms with Crippen LogP contribution in [0.25, 0.3) is 0 Å². The standard InChI is InChI=1S/C62H119NO13/c1-3-5-7-9-11-13-15-16-17-18-19-20-21-22-23-24-25-26-27-28-29-30-31-32-33-34-35-36-38-40-42-44-46-54(67)63-50(51(66)45-43-41-39-37-14-12-10-8-6-4-2)49-73-61-59(72)57(70)60(53(48-65)75-61)76-62-58(71)56(69)55(68)52(47-64)74-62/h43,45,50-53,55-62,64-66,68-72H,3-42,44,46-49H2,1-2H3,(H,63,67)/b45-43+/t50-,51+,52+,53+,55-,56?,57?,58?,59?,60+,61+,62-/m0/s1. The van der Waals surface area contributed by atoms with Crippen LogP contribution in [0.3, 0.4) is 0 Å². The molecule has 2 aliphatic rings. The summed E-state index contributed by atoms with van der Waals surface area (Å²) in [7, 11) is 0. The maximum Gasteiger partial charge on any atom is 0.220 e. The van der Waals surface area contributed by atoms with Crippen LogP contribution in [0, 0.1) is 0 Å². The van der Waals surface area contributed by atoms with Crippen LogP contribution in [0.4, 0.5) is 0 Å². The van der Waals surface area contributed by atoms with Gasteiger partial charge in [-0.05, 0) is 19.3 Å². The molecular weight excluding hydrogens is 967 g/mol. The molecular formula is C62H119NO13. The van der Waals surface area contributed by atoms with Crippen LogP contribution in [0.1, 0.15) is 284 Å². The molecule has 2 fully saturated rings. The van der Waals surface area contributed by atoms with Crippen molar-refractivity contribution in [2.75, 3.05) is 19.8 Å². The predicted molar refractivity (Wildman–Crippen MR) is 305 cm³/mol. The van der Waals surface area contributed by atoms with Gasteiger partial charge in [-0.1, -0.05) is 270 Å². The van der Waals surface area contributed by atoms with Crippen molar-refractivity contribution in [1.82, 2.24) is 5.32 Å². The maximum atomic E-state index is 13.2. The highest BCUT2D eigenvalue weighted by Gasteiger charge is 2.51. The first kappa shape index (κ1) is 70.8. The number of hydrogen-bond donors (Lipinski definition) is 9. The molecule has 0 aromatic carbocycles. The Kier molecular flexibility index (Phi) is 45.1. The number of carbonyl (C=O) groups excluding carboxylic acids is 1. The minimum Gasteiger partial charge on any atom is -0.394 e. The Morgan fingerprint density at radius 3 is 1.21 bits per heavy atom. The van der Waals surface area contributed by atoms with Crippen LogP contribution in [0.2, 0.25) is 0 Å². The monoisotopic (exact) mass is 1090 g/mol. The molecule has 2 heterocycles. The van der Waals surface area contributed by atoms with Crippen molar-refractivity contribution in [3.63, 3.8) is 0 Å². The predicted octanol–water partition coefficient (Wildman–Crippen LogP) is 11.5. The molecule has 9 N–H and O–H groups in total. The normalized spacial score (nSPS) is 24.9. The van der Waals surface area contributed by atoms with Gasteiger partial charge in [0.15, 0.2) is 12.6 Å². The zero-order chi connectivity index (χ0) is 55.3. The number of aliphatic hydroxyl groups is 8. The Labute approximate surface area is 463 Å². The van der Waals surface area contributed by atoms with Gasteiger partial charge in [-0.3, -0.25) is 4.79 Å². The number of rotatable bonds is 52. The van der Waals surface area contributed by atoms with Crippen LogP contribution >= 0.6 is 0 Å². The average molecular weight is 1090 g/mol. The summed E-state index contributed by atoms with van der Waals surface area (Å²) < 4.78 is 22.7. The molecule has 0 saturated carbocycles. The molecule has 0 radical (unpaired) electrons. The third kappa shape index (κ3) is 33.5. The summed E-state index contributed by atoms with van der Waals surface area (Å²) in [5, 5.41) is 86.9. The summed E-state index contributed by atoms with van der Waals surface area (Å²) in [6.45, 7) is 2.80. The molecule has 2 rings (SSSR count). The first-order chi connectivity index (χ1) is 37.1. The van der Waals surface area contributed by atoms with E-state index in [1.165, 1.54) is 218 Å². The number of aliphatic hydroxyl groups excluding tert-OH is 8. The molecule has 2 aliphatic heterocycles. The second kappa shape index (κ2) is 48.4. The van der Waals surface area contributed by atoms with Gasteiger partial charge in [0.05, 0.1) is 32.0 Å². The number of allylic oxidation sites excluding steroid dienone is 1. The van der Waals surface area contributed by atoms with Gasteiger partial charge in [0, 0.05) is 6.42 Å². The van der Waals surface area contributed by atoms with Crippen molar-refractivity contribution >= 4 is 5.91 Å². The lowest BCUT2D eigenvalue weighted by Crippen LogP contribution is -2.65. The van der Waals surface area contributed by atoms with Crippen molar-refractivity contribution < 1.29 is 64.6 Å². The van der Waals surface area contributed by atoms with E-state index in [2.05, 4.69) is 19.2 Å². The van der Waals surface area contributed by atoms with E-state index < -0.39 is 86.8 Å². The SMILES string of the molecule is CCCCCCCCCC/C=C/[C@@H](O)[C@H](CO[C@@H]1O[C@H](CO)[C@@H](O[C@@H]2O[C@H](CO)[C@H](O)C(O)C2O)C(O)C1O)NC(=O)CCCCCCCCCCCCCCCCCCCCCCCCCCCCCCCCCC. The molecule has 450 valence electrons. The molecule has 0 bridgehead atoms. The molecule has 14 heteroatoms. The summed E-state index contributed by atoms with van der Waals surface area (Å²) in [4.78, 5) is 13.2. The molecule has 14 nitrogen and oxygen atoms in total. The highest BCUT2D eigenvalue weighted by Crippen LogP contribution is 2.30. The van der Waals surface area contributed by atoms with E-state index in [1.54, 1.807) is 6.08 Å². The first-order valence-corrected chi connectivity index (χ1v) is 31.9. The van der Waals surface area contributed by atoms with Gasteiger partial charge in [-0.25, -0.2) is 0 Å². The molecule has 2 saturated heterocycles. The minimum absolute atomic E-state index is 0.235. The van der Waals surface area contributed by atoms with E-state index in [-0.39, 0.29) is 18.9 Å². The molecule has 4 unspecified atom stereocenters. The number of amides is 1. The van der Waals surface area contributed by atoms with E-state index in [4.69, 9.17) is 18.9 Å². The molecule has 0 aliphatic carbocycles. The van der Waals surface area contributed by atoms with E-state index in [0.29, 0.717) is 6.42 Å². The molecule has 0 aromatic heterocycles. The fourth-order valence-corrected chi connectivity index (χ4v) is 10.8. The van der Waals surface area contributed by atoms with Crippen LogP contribution in [-0.2, 0) is 23.7 Å². The molecule has 12 atom stereocenters. The van der Waals surface area contributed by atoms with Gasteiger partial charge in [-0.2, -0.15) is 0 Å². The molecule has 0 spiro atoms. The van der Waals surface area contributed by atoms with Crippen molar-refractivity contribution in [3.05, 3.63) is 12.2 Å². The molecule has 0 aromatic rings. The van der Waals surface area contributed by atoms with E-state index in [1.807, 2.05) is 6.08 Å². The fraction of sp³-hybridized carbons (Fsp3) is 0.952. The van der Waals surface area contributed by atoms with Gasteiger partial charge in [0.2, 0.25) is 5.91 Å². The lowest BCUT2D eigenvalue weighted by atomic mass is 9.97. The Morgan fingerprint density at radius 1 is 0.461 bits per heavy atom. The van der Waals surface area contributed by atoms with Gasteiger partial charge in [0.25, 0.3) is 0 Å². The van der Waals surface area contributed by atoms with Crippen molar-refractivity contribution in [2.24, 2.45) is 0 Å². The van der Waals surface area contributed by atoms with Gasteiger partial charge in [0.1, 0.15) is 48.8 Å². The average Bonchev–Trinajstić information content (AvgIpc) is 3.42. The van der Waals surface area contributed by atoms with Gasteiger partial charge >= 0.3 is 0 Å². The minimum atomic E-state index is -1.78. The van der Waals surface area contributed by atoms with E-state index in [0.717, 1.165) is 38.5 Å².